The van der Waals surface area contributed by atoms with Gasteiger partial charge in [0.2, 0.25) is 0 Å². The van der Waals surface area contributed by atoms with Crippen LogP contribution < -0.4 is 0 Å². The molecule has 12 heavy (non-hydrogen) atoms. The van der Waals surface area contributed by atoms with E-state index in [1.54, 1.807) is 0 Å². The number of nitrogens with one attached hydrogen (secondary N) is 1. The quantitative estimate of drug-likeness (QED) is 0.437. The van der Waals surface area contributed by atoms with Gasteiger partial charge in [-0.15, -0.1) is 0 Å². The minimum Gasteiger partial charge on any atom is -0.258 e. The first-order valence-electron chi connectivity index (χ1n) is 2.96. The molecular weight excluding hydrogens is 182 g/mol. The van der Waals surface area contributed by atoms with Crippen molar-refractivity contribution in [2.75, 3.05) is 0 Å². The Kier molecular flexibility index (Phi) is 2.35. The lowest BCUT2D eigenvalue weighted by Gasteiger charge is -1.94. The average molecular weight is 186 g/mol. The van der Waals surface area contributed by atoms with Crippen LogP contribution >= 0.6 is 11.6 Å². The van der Waals surface area contributed by atoms with Crippen molar-refractivity contribution in [1.29, 1.82) is 5.53 Å². The Morgan fingerprint density at radius 2 is 2.25 bits per heavy atom. The van der Waals surface area contributed by atoms with Crippen molar-refractivity contribution >= 4 is 23.0 Å². The van der Waals surface area contributed by atoms with Crippen molar-refractivity contribution in [3.8, 4) is 0 Å². The summed E-state index contributed by atoms with van der Waals surface area (Å²) in [7, 11) is 0. The topological polar surface area (TPSA) is 79.3 Å². The van der Waals surface area contributed by atoms with E-state index in [0.717, 1.165) is 6.07 Å². The SMILES string of the molecule is N=Nc1ccc(Cl)cc1[N+](=O)[O-]. The fourth-order valence-corrected chi connectivity index (χ4v) is 0.904. The van der Waals surface area contributed by atoms with E-state index < -0.39 is 4.92 Å². The third-order valence-corrected chi connectivity index (χ3v) is 1.49. The lowest BCUT2D eigenvalue weighted by Crippen LogP contribution is -1.87. The van der Waals surface area contributed by atoms with Gasteiger partial charge in [-0.3, -0.25) is 10.1 Å². The molecule has 62 valence electrons. The van der Waals surface area contributed by atoms with Gasteiger partial charge >= 0.3 is 0 Å². The number of hydrogen-bond acceptors (Lipinski definition) is 4. The van der Waals surface area contributed by atoms with Crippen LogP contribution in [0.25, 0.3) is 0 Å². The number of hydrogen-bond donors (Lipinski definition) is 1. The highest BCUT2D eigenvalue weighted by Crippen LogP contribution is 2.29. The van der Waals surface area contributed by atoms with Gasteiger partial charge in [0, 0.05) is 11.1 Å². The summed E-state index contributed by atoms with van der Waals surface area (Å²) in [5.41, 5.74) is 6.38. The van der Waals surface area contributed by atoms with Gasteiger partial charge in [0.25, 0.3) is 5.69 Å². The van der Waals surface area contributed by atoms with Crippen molar-refractivity contribution in [3.05, 3.63) is 33.3 Å². The Bertz CT molecular complexity index is 340. The molecule has 0 atom stereocenters. The van der Waals surface area contributed by atoms with Crippen molar-refractivity contribution < 1.29 is 4.92 Å². The van der Waals surface area contributed by atoms with E-state index in [-0.39, 0.29) is 16.4 Å². The molecule has 5 nitrogen and oxygen atoms in total. The molecule has 0 aliphatic rings. The molecule has 1 rings (SSSR count). The van der Waals surface area contributed by atoms with Crippen LogP contribution in [-0.2, 0) is 0 Å². The summed E-state index contributed by atoms with van der Waals surface area (Å²) in [6.07, 6.45) is 0. The maximum absolute atomic E-state index is 10.3. The van der Waals surface area contributed by atoms with E-state index in [9.17, 15) is 10.1 Å². The van der Waals surface area contributed by atoms with Crippen LogP contribution in [0.4, 0.5) is 11.4 Å². The molecule has 0 fully saturated rings. The van der Waals surface area contributed by atoms with Crippen LogP contribution in [0.1, 0.15) is 0 Å². The number of rotatable bonds is 2. The summed E-state index contributed by atoms with van der Waals surface area (Å²) in [6.45, 7) is 0. The minimum absolute atomic E-state index is 0.00407. The third kappa shape index (κ3) is 1.57. The molecule has 1 N–H and O–H groups in total. The molecule has 1 aromatic carbocycles. The molecule has 0 spiro atoms. The molecule has 0 amide bonds. The number of nitrogens with zero attached hydrogens (tertiary/aromatic N) is 2. The Balaban J connectivity index is 3.30. The highest BCUT2D eigenvalue weighted by Gasteiger charge is 2.12. The number of halogens is 1. The van der Waals surface area contributed by atoms with Crippen LogP contribution in [0.2, 0.25) is 5.02 Å². The highest BCUT2D eigenvalue weighted by atomic mass is 35.5. The van der Waals surface area contributed by atoms with E-state index >= 15 is 0 Å². The lowest BCUT2D eigenvalue weighted by molar-refractivity contribution is -0.384. The van der Waals surface area contributed by atoms with Crippen molar-refractivity contribution in [2.45, 2.75) is 0 Å². The minimum atomic E-state index is -0.626. The maximum Gasteiger partial charge on any atom is 0.298 e. The summed E-state index contributed by atoms with van der Waals surface area (Å²) in [5, 5.41) is 13.6. The molecule has 0 bridgehead atoms. The predicted octanol–water partition coefficient (Wildman–Crippen LogP) is 2.91. The van der Waals surface area contributed by atoms with Gasteiger partial charge in [0.1, 0.15) is 0 Å². The maximum atomic E-state index is 10.3. The Hall–Kier alpha value is -1.49. The average Bonchev–Trinajstić information content (AvgIpc) is 2.04. The standard InChI is InChI=1S/C6H4ClN3O2/c7-4-1-2-5(9-8)6(3-4)10(11)12/h1-3,8H. The Morgan fingerprint density at radius 3 is 2.75 bits per heavy atom. The molecule has 6 heteroatoms. The zero-order valence-electron chi connectivity index (χ0n) is 5.82. The molecule has 0 aromatic heterocycles. The zero-order valence-corrected chi connectivity index (χ0v) is 6.58. The second-order valence-electron chi connectivity index (χ2n) is 2.00. The molecule has 0 heterocycles. The zero-order chi connectivity index (χ0) is 9.14. The van der Waals surface area contributed by atoms with Crippen LogP contribution in [0.3, 0.4) is 0 Å². The van der Waals surface area contributed by atoms with Crippen molar-refractivity contribution in [2.24, 2.45) is 5.11 Å². The lowest BCUT2D eigenvalue weighted by atomic mass is 10.3. The van der Waals surface area contributed by atoms with Gasteiger partial charge in [-0.05, 0) is 12.1 Å². The molecule has 1 aromatic rings. The van der Waals surface area contributed by atoms with Gasteiger partial charge in [-0.25, -0.2) is 5.53 Å². The summed E-state index contributed by atoms with van der Waals surface area (Å²) in [6, 6.07) is 3.93. The second kappa shape index (κ2) is 3.27. The second-order valence-corrected chi connectivity index (χ2v) is 2.44. The first-order chi connectivity index (χ1) is 5.65. The smallest absolute Gasteiger partial charge is 0.258 e. The van der Waals surface area contributed by atoms with Crippen molar-refractivity contribution in [1.82, 2.24) is 0 Å². The van der Waals surface area contributed by atoms with E-state index in [2.05, 4.69) is 5.11 Å². The fourth-order valence-electron chi connectivity index (χ4n) is 0.737. The molecule has 0 saturated heterocycles. The summed E-state index contributed by atoms with van der Waals surface area (Å²) >= 11 is 5.51. The summed E-state index contributed by atoms with van der Waals surface area (Å²) in [4.78, 5) is 9.71. The normalized spacial score (nSPS) is 9.42. The highest BCUT2D eigenvalue weighted by molar-refractivity contribution is 6.30. The first-order valence-corrected chi connectivity index (χ1v) is 3.34. The van der Waals surface area contributed by atoms with E-state index in [0.29, 0.717) is 0 Å². The monoisotopic (exact) mass is 185 g/mol. The van der Waals surface area contributed by atoms with Crippen molar-refractivity contribution in [3.63, 3.8) is 0 Å². The van der Waals surface area contributed by atoms with Crippen LogP contribution in [0, 0.1) is 15.6 Å². The van der Waals surface area contributed by atoms with E-state index in [1.807, 2.05) is 0 Å². The van der Waals surface area contributed by atoms with Gasteiger partial charge < -0.3 is 0 Å². The van der Waals surface area contributed by atoms with Crippen LogP contribution in [0.5, 0.6) is 0 Å². The Labute approximate surface area is 72.6 Å². The summed E-state index contributed by atoms with van der Waals surface area (Å²) < 4.78 is 0. The molecule has 0 aliphatic heterocycles. The van der Waals surface area contributed by atoms with Gasteiger partial charge in [0.05, 0.1) is 4.92 Å². The van der Waals surface area contributed by atoms with Crippen LogP contribution in [-0.4, -0.2) is 4.92 Å². The molecule has 0 aliphatic carbocycles. The Morgan fingerprint density at radius 1 is 1.58 bits per heavy atom. The molecule has 0 saturated carbocycles. The van der Waals surface area contributed by atoms with Gasteiger partial charge in [-0.1, -0.05) is 11.6 Å². The molecule has 0 radical (unpaired) electrons. The van der Waals surface area contributed by atoms with E-state index in [4.69, 9.17) is 17.1 Å². The van der Waals surface area contributed by atoms with Crippen LogP contribution in [0.15, 0.2) is 23.3 Å². The summed E-state index contributed by atoms with van der Waals surface area (Å²) in [5.74, 6) is 0. The predicted molar refractivity (Wildman–Crippen MR) is 42.9 cm³/mol. The molecular formula is C6H4ClN3O2. The molecule has 0 unspecified atom stereocenters. The third-order valence-electron chi connectivity index (χ3n) is 1.25. The number of nitro groups is 1. The van der Waals surface area contributed by atoms with Gasteiger partial charge in [-0.2, -0.15) is 5.11 Å². The fraction of sp³-hybridized carbons (Fsp3) is 0. The van der Waals surface area contributed by atoms with E-state index in [1.165, 1.54) is 12.1 Å². The van der Waals surface area contributed by atoms with Gasteiger partial charge in [0.15, 0.2) is 5.69 Å². The largest absolute Gasteiger partial charge is 0.298 e. The number of nitro benzene ring substituents is 1. The first kappa shape index (κ1) is 8.61. The number of benzene rings is 1.